The van der Waals surface area contributed by atoms with Gasteiger partial charge in [-0.25, -0.2) is 0 Å². The van der Waals surface area contributed by atoms with Gasteiger partial charge in [0.05, 0.1) is 7.11 Å². The molecule has 0 aliphatic carbocycles. The SMILES string of the molecule is COc1ccc(OCC(=O)Nc2cccc(C#Cc3ccccc3)c2)cc1. The molecule has 0 aromatic heterocycles. The zero-order chi connectivity index (χ0) is 18.9. The molecule has 0 heterocycles. The first kappa shape index (κ1) is 18.1. The molecule has 1 N–H and O–H groups in total. The number of carbonyl (C=O) groups excluding carboxylic acids is 1. The zero-order valence-corrected chi connectivity index (χ0v) is 14.9. The third-order valence-electron chi connectivity index (χ3n) is 3.70. The number of nitrogens with one attached hydrogen (secondary N) is 1. The summed E-state index contributed by atoms with van der Waals surface area (Å²) in [5.41, 5.74) is 2.45. The van der Waals surface area contributed by atoms with Crippen molar-refractivity contribution < 1.29 is 14.3 Å². The fourth-order valence-corrected chi connectivity index (χ4v) is 2.36. The Morgan fingerprint density at radius 2 is 1.52 bits per heavy atom. The summed E-state index contributed by atoms with van der Waals surface area (Å²) in [6.45, 7) is -0.0771. The Bertz CT molecular complexity index is 954. The van der Waals surface area contributed by atoms with Crippen LogP contribution in [0.25, 0.3) is 0 Å². The van der Waals surface area contributed by atoms with Crippen LogP contribution in [0.4, 0.5) is 5.69 Å². The first-order chi connectivity index (χ1) is 13.2. The fourth-order valence-electron chi connectivity index (χ4n) is 2.36. The number of anilines is 1. The summed E-state index contributed by atoms with van der Waals surface area (Å²) in [5, 5.41) is 2.82. The summed E-state index contributed by atoms with van der Waals surface area (Å²) in [6, 6.07) is 24.2. The first-order valence-corrected chi connectivity index (χ1v) is 8.47. The molecule has 3 aromatic carbocycles. The minimum Gasteiger partial charge on any atom is -0.497 e. The van der Waals surface area contributed by atoms with Crippen LogP contribution in [-0.4, -0.2) is 19.6 Å². The van der Waals surface area contributed by atoms with Gasteiger partial charge in [-0.1, -0.05) is 36.1 Å². The highest BCUT2D eigenvalue weighted by Gasteiger charge is 2.04. The predicted octanol–water partition coefficient (Wildman–Crippen LogP) is 4.11. The number of amides is 1. The van der Waals surface area contributed by atoms with Crippen LogP contribution in [0.15, 0.2) is 78.9 Å². The van der Waals surface area contributed by atoms with E-state index in [1.54, 1.807) is 31.4 Å². The van der Waals surface area contributed by atoms with Crippen LogP contribution in [-0.2, 0) is 4.79 Å². The summed E-state index contributed by atoms with van der Waals surface area (Å²) >= 11 is 0. The van der Waals surface area contributed by atoms with Gasteiger partial charge in [0.2, 0.25) is 0 Å². The summed E-state index contributed by atoms with van der Waals surface area (Å²) in [6.07, 6.45) is 0. The third kappa shape index (κ3) is 5.65. The minimum absolute atomic E-state index is 0.0771. The van der Waals surface area contributed by atoms with Crippen molar-refractivity contribution in [3.63, 3.8) is 0 Å². The highest BCUT2D eigenvalue weighted by molar-refractivity contribution is 5.92. The molecule has 0 aliphatic heterocycles. The lowest BCUT2D eigenvalue weighted by Crippen LogP contribution is -2.20. The van der Waals surface area contributed by atoms with Gasteiger partial charge in [0, 0.05) is 16.8 Å². The molecule has 0 saturated carbocycles. The Morgan fingerprint density at radius 3 is 2.26 bits per heavy atom. The van der Waals surface area contributed by atoms with E-state index in [1.807, 2.05) is 54.6 Å². The molecule has 0 atom stereocenters. The van der Waals surface area contributed by atoms with Gasteiger partial charge in [-0.15, -0.1) is 0 Å². The van der Waals surface area contributed by atoms with Gasteiger partial charge in [0.15, 0.2) is 6.61 Å². The molecule has 0 saturated heterocycles. The van der Waals surface area contributed by atoms with Crippen LogP contribution in [0.5, 0.6) is 11.5 Å². The van der Waals surface area contributed by atoms with E-state index in [9.17, 15) is 4.79 Å². The quantitative estimate of drug-likeness (QED) is 0.699. The number of hydrogen-bond donors (Lipinski definition) is 1. The molecule has 3 rings (SSSR count). The van der Waals surface area contributed by atoms with Crippen molar-refractivity contribution in [2.45, 2.75) is 0 Å². The van der Waals surface area contributed by atoms with E-state index in [0.717, 1.165) is 16.9 Å². The zero-order valence-electron chi connectivity index (χ0n) is 14.9. The van der Waals surface area contributed by atoms with Crippen LogP contribution in [0.1, 0.15) is 11.1 Å². The Labute approximate surface area is 158 Å². The summed E-state index contributed by atoms with van der Waals surface area (Å²) in [5.74, 6) is 7.30. The van der Waals surface area contributed by atoms with Crippen molar-refractivity contribution in [1.82, 2.24) is 0 Å². The fraction of sp³-hybridized carbons (Fsp3) is 0.0870. The maximum Gasteiger partial charge on any atom is 0.262 e. The molecule has 0 radical (unpaired) electrons. The molecule has 0 aliphatic rings. The molecule has 0 unspecified atom stereocenters. The van der Waals surface area contributed by atoms with Crippen molar-refractivity contribution in [2.24, 2.45) is 0 Å². The van der Waals surface area contributed by atoms with Gasteiger partial charge in [-0.3, -0.25) is 4.79 Å². The monoisotopic (exact) mass is 357 g/mol. The number of rotatable bonds is 5. The summed E-state index contributed by atoms with van der Waals surface area (Å²) < 4.78 is 10.6. The average molecular weight is 357 g/mol. The Hall–Kier alpha value is -3.71. The lowest BCUT2D eigenvalue weighted by molar-refractivity contribution is -0.118. The average Bonchev–Trinajstić information content (AvgIpc) is 2.72. The highest BCUT2D eigenvalue weighted by Crippen LogP contribution is 2.17. The summed E-state index contributed by atoms with van der Waals surface area (Å²) in [7, 11) is 1.60. The van der Waals surface area contributed by atoms with E-state index in [1.165, 1.54) is 0 Å². The van der Waals surface area contributed by atoms with Crippen molar-refractivity contribution in [3.8, 4) is 23.3 Å². The van der Waals surface area contributed by atoms with E-state index >= 15 is 0 Å². The Morgan fingerprint density at radius 1 is 0.852 bits per heavy atom. The molecular weight excluding hydrogens is 338 g/mol. The summed E-state index contributed by atoms with van der Waals surface area (Å²) in [4.78, 5) is 12.1. The second-order valence-electron chi connectivity index (χ2n) is 5.71. The Kier molecular flexibility index (Phi) is 6.11. The van der Waals surface area contributed by atoms with Crippen molar-refractivity contribution in [3.05, 3.63) is 90.0 Å². The molecule has 4 nitrogen and oxygen atoms in total. The lowest BCUT2D eigenvalue weighted by atomic mass is 10.1. The molecule has 0 fully saturated rings. The topological polar surface area (TPSA) is 47.6 Å². The van der Waals surface area contributed by atoms with Crippen molar-refractivity contribution in [2.75, 3.05) is 19.0 Å². The van der Waals surface area contributed by atoms with Gasteiger partial charge < -0.3 is 14.8 Å². The number of hydrogen-bond acceptors (Lipinski definition) is 3. The van der Waals surface area contributed by atoms with Gasteiger partial charge in [-0.2, -0.15) is 0 Å². The van der Waals surface area contributed by atoms with Gasteiger partial charge in [0.1, 0.15) is 11.5 Å². The van der Waals surface area contributed by atoms with Crippen LogP contribution < -0.4 is 14.8 Å². The normalized spacial score (nSPS) is 9.67. The van der Waals surface area contributed by atoms with E-state index in [-0.39, 0.29) is 12.5 Å². The van der Waals surface area contributed by atoms with E-state index in [4.69, 9.17) is 9.47 Å². The first-order valence-electron chi connectivity index (χ1n) is 8.47. The Balaban J connectivity index is 1.57. The molecule has 27 heavy (non-hydrogen) atoms. The van der Waals surface area contributed by atoms with Crippen LogP contribution in [0.3, 0.4) is 0 Å². The largest absolute Gasteiger partial charge is 0.497 e. The highest BCUT2D eigenvalue weighted by atomic mass is 16.5. The third-order valence-corrected chi connectivity index (χ3v) is 3.70. The number of benzene rings is 3. The minimum atomic E-state index is -0.237. The van der Waals surface area contributed by atoms with Crippen molar-refractivity contribution >= 4 is 11.6 Å². The second-order valence-corrected chi connectivity index (χ2v) is 5.71. The van der Waals surface area contributed by atoms with Crippen LogP contribution in [0.2, 0.25) is 0 Å². The predicted molar refractivity (Wildman–Crippen MR) is 106 cm³/mol. The molecule has 134 valence electrons. The molecule has 0 bridgehead atoms. The molecule has 4 heteroatoms. The lowest BCUT2D eigenvalue weighted by Gasteiger charge is -2.08. The molecule has 3 aromatic rings. The number of ether oxygens (including phenoxy) is 2. The van der Waals surface area contributed by atoms with Gasteiger partial charge in [-0.05, 0) is 54.6 Å². The van der Waals surface area contributed by atoms with E-state index < -0.39 is 0 Å². The molecule has 0 spiro atoms. The van der Waals surface area contributed by atoms with Crippen molar-refractivity contribution in [1.29, 1.82) is 0 Å². The van der Waals surface area contributed by atoms with Crippen LogP contribution in [0, 0.1) is 11.8 Å². The second kappa shape index (κ2) is 9.12. The number of carbonyl (C=O) groups is 1. The van der Waals surface area contributed by atoms with Crippen LogP contribution >= 0.6 is 0 Å². The van der Waals surface area contributed by atoms with Gasteiger partial charge >= 0.3 is 0 Å². The molecule has 1 amide bonds. The van der Waals surface area contributed by atoms with E-state index in [0.29, 0.717) is 11.4 Å². The maximum atomic E-state index is 12.1. The standard InChI is InChI=1S/C23H19NO3/c1-26-21-12-14-22(15-13-21)27-17-23(25)24-20-9-5-8-19(16-20)11-10-18-6-3-2-4-7-18/h2-9,12-16H,17H2,1H3,(H,24,25). The number of methoxy groups -OCH3 is 1. The molecular formula is C23H19NO3. The van der Waals surface area contributed by atoms with Gasteiger partial charge in [0.25, 0.3) is 5.91 Å². The van der Waals surface area contributed by atoms with E-state index in [2.05, 4.69) is 17.2 Å². The maximum absolute atomic E-state index is 12.1. The smallest absolute Gasteiger partial charge is 0.262 e.